The number of fused-ring (bicyclic) bond motifs is 2. The van der Waals surface area contributed by atoms with Crippen molar-refractivity contribution in [2.75, 3.05) is 7.11 Å². The van der Waals surface area contributed by atoms with Crippen molar-refractivity contribution in [3.8, 4) is 0 Å². The first kappa shape index (κ1) is 21.6. The third kappa shape index (κ3) is 2.69. The summed E-state index contributed by atoms with van der Waals surface area (Å²) < 4.78 is 16.3. The van der Waals surface area contributed by atoms with Gasteiger partial charge >= 0.3 is 17.9 Å². The smallest absolute Gasteiger partial charge is 0.313 e. The molecular formula is C23H34O7. The van der Waals surface area contributed by atoms with Gasteiger partial charge in [-0.1, -0.05) is 27.2 Å². The van der Waals surface area contributed by atoms with Gasteiger partial charge in [-0.3, -0.25) is 14.4 Å². The number of methoxy groups -OCH3 is 1. The number of hydrogen-bond donors (Lipinski definition) is 1. The molecule has 3 aliphatic carbocycles. The third-order valence-electron chi connectivity index (χ3n) is 9.11. The highest BCUT2D eigenvalue weighted by molar-refractivity contribution is 5.85. The second-order valence-electron chi connectivity index (χ2n) is 10.8. The van der Waals surface area contributed by atoms with Crippen LogP contribution < -0.4 is 0 Å². The first-order valence-electron chi connectivity index (χ1n) is 11.1. The van der Waals surface area contributed by atoms with Gasteiger partial charge in [-0.05, 0) is 54.8 Å². The molecular weight excluding hydrogens is 388 g/mol. The van der Waals surface area contributed by atoms with E-state index in [4.69, 9.17) is 14.2 Å². The zero-order valence-corrected chi connectivity index (χ0v) is 18.6. The van der Waals surface area contributed by atoms with Gasteiger partial charge in [0.05, 0.1) is 24.4 Å². The van der Waals surface area contributed by atoms with E-state index in [-0.39, 0.29) is 22.7 Å². The van der Waals surface area contributed by atoms with Crippen LogP contribution in [0.1, 0.15) is 66.2 Å². The Balaban J connectivity index is 1.90. The number of carbonyl (C=O) groups excluding carboxylic acids is 3. The molecule has 0 amide bonds. The largest absolute Gasteiger partial charge is 0.469 e. The Bertz CT molecular complexity index is 761. The lowest BCUT2D eigenvalue weighted by molar-refractivity contribution is -0.274. The van der Waals surface area contributed by atoms with Crippen LogP contribution in [0.5, 0.6) is 0 Å². The van der Waals surface area contributed by atoms with Gasteiger partial charge in [0.25, 0.3) is 0 Å². The summed E-state index contributed by atoms with van der Waals surface area (Å²) in [6.07, 6.45) is 2.77. The summed E-state index contributed by atoms with van der Waals surface area (Å²) >= 11 is 0. The Morgan fingerprint density at radius 2 is 1.83 bits per heavy atom. The number of aliphatic hydroxyl groups excluding tert-OH is 1. The molecule has 1 saturated heterocycles. The van der Waals surface area contributed by atoms with Crippen molar-refractivity contribution in [1.82, 2.24) is 0 Å². The standard InChI is InChI=1S/C23H34O7/c1-12(24)29-16-11-15-21(2,3)9-6-10-22(15,4)14-8-7-13(18(25)28-5)17-19(26)30-20(27)23(14,16)17/h13-17,20,27H,6-11H2,1-5H3. The maximum atomic E-state index is 13.0. The van der Waals surface area contributed by atoms with Gasteiger partial charge in [0.2, 0.25) is 6.29 Å². The fourth-order valence-electron chi connectivity index (χ4n) is 8.14. The minimum Gasteiger partial charge on any atom is -0.469 e. The van der Waals surface area contributed by atoms with E-state index >= 15 is 0 Å². The van der Waals surface area contributed by atoms with Crippen LogP contribution in [0.15, 0.2) is 0 Å². The molecule has 4 fully saturated rings. The average molecular weight is 423 g/mol. The van der Waals surface area contributed by atoms with Crippen LogP contribution in [-0.2, 0) is 28.6 Å². The summed E-state index contributed by atoms with van der Waals surface area (Å²) in [4.78, 5) is 37.7. The normalized spacial score (nSPS) is 46.7. The fraction of sp³-hybridized carbons (Fsp3) is 0.870. The van der Waals surface area contributed by atoms with Crippen molar-refractivity contribution in [2.24, 2.45) is 39.9 Å². The van der Waals surface area contributed by atoms with Crippen molar-refractivity contribution in [3.63, 3.8) is 0 Å². The molecule has 1 heterocycles. The van der Waals surface area contributed by atoms with E-state index in [1.54, 1.807) is 0 Å². The second-order valence-corrected chi connectivity index (χ2v) is 10.8. The third-order valence-corrected chi connectivity index (χ3v) is 9.11. The van der Waals surface area contributed by atoms with Crippen molar-refractivity contribution >= 4 is 17.9 Å². The lowest BCUT2D eigenvalue weighted by Gasteiger charge is -2.66. The molecule has 0 aromatic carbocycles. The number of hydrogen-bond acceptors (Lipinski definition) is 7. The number of esters is 3. The predicted octanol–water partition coefficient (Wildman–Crippen LogP) is 2.83. The maximum absolute atomic E-state index is 13.0. The molecule has 0 aromatic heterocycles. The molecule has 7 nitrogen and oxygen atoms in total. The molecule has 0 aromatic rings. The highest BCUT2D eigenvalue weighted by atomic mass is 16.6. The monoisotopic (exact) mass is 422 g/mol. The van der Waals surface area contributed by atoms with E-state index in [0.29, 0.717) is 19.3 Å². The van der Waals surface area contributed by atoms with E-state index < -0.39 is 47.6 Å². The molecule has 1 aliphatic heterocycles. The van der Waals surface area contributed by atoms with Crippen LogP contribution in [0.25, 0.3) is 0 Å². The molecule has 1 spiro atoms. The molecule has 0 radical (unpaired) electrons. The summed E-state index contributed by atoms with van der Waals surface area (Å²) in [7, 11) is 1.31. The average Bonchev–Trinajstić information content (AvgIpc) is 2.92. The van der Waals surface area contributed by atoms with E-state index in [2.05, 4.69) is 20.8 Å². The summed E-state index contributed by atoms with van der Waals surface area (Å²) in [5.41, 5.74) is -1.22. The Kier molecular flexibility index (Phi) is 5.00. The van der Waals surface area contributed by atoms with Crippen LogP contribution in [0.4, 0.5) is 0 Å². The number of cyclic esters (lactones) is 1. The Morgan fingerprint density at radius 3 is 2.47 bits per heavy atom. The Hall–Kier alpha value is -1.63. The molecule has 1 N–H and O–H groups in total. The van der Waals surface area contributed by atoms with E-state index in [1.807, 2.05) is 0 Å². The topological polar surface area (TPSA) is 99.1 Å². The highest BCUT2D eigenvalue weighted by Gasteiger charge is 2.76. The minimum absolute atomic E-state index is 0.0517. The molecule has 8 unspecified atom stereocenters. The van der Waals surface area contributed by atoms with Crippen LogP contribution in [0.3, 0.4) is 0 Å². The molecule has 4 rings (SSSR count). The van der Waals surface area contributed by atoms with Gasteiger partial charge in [0.15, 0.2) is 0 Å². The van der Waals surface area contributed by atoms with Crippen LogP contribution in [-0.4, -0.2) is 42.5 Å². The van der Waals surface area contributed by atoms with Gasteiger partial charge < -0.3 is 19.3 Å². The molecule has 168 valence electrons. The second kappa shape index (κ2) is 6.94. The lowest BCUT2D eigenvalue weighted by atomic mass is 9.37. The van der Waals surface area contributed by atoms with E-state index in [0.717, 1.165) is 19.3 Å². The molecule has 7 heteroatoms. The zero-order chi connectivity index (χ0) is 22.1. The molecule has 30 heavy (non-hydrogen) atoms. The molecule has 4 aliphatic rings. The van der Waals surface area contributed by atoms with Crippen molar-refractivity contribution in [1.29, 1.82) is 0 Å². The summed E-state index contributed by atoms with van der Waals surface area (Å²) in [5, 5.41) is 11.2. The first-order chi connectivity index (χ1) is 14.0. The van der Waals surface area contributed by atoms with Crippen LogP contribution in [0, 0.1) is 39.9 Å². The fourth-order valence-corrected chi connectivity index (χ4v) is 8.14. The maximum Gasteiger partial charge on any atom is 0.313 e. The van der Waals surface area contributed by atoms with Gasteiger partial charge in [0, 0.05) is 6.92 Å². The van der Waals surface area contributed by atoms with Crippen LogP contribution in [0.2, 0.25) is 0 Å². The molecule has 3 saturated carbocycles. The summed E-state index contributed by atoms with van der Waals surface area (Å²) in [6.45, 7) is 8.15. The Morgan fingerprint density at radius 1 is 1.13 bits per heavy atom. The van der Waals surface area contributed by atoms with Gasteiger partial charge in [-0.25, -0.2) is 0 Å². The van der Waals surface area contributed by atoms with Gasteiger partial charge in [0.1, 0.15) is 6.10 Å². The lowest BCUT2D eigenvalue weighted by Crippen LogP contribution is -2.68. The minimum atomic E-state index is -1.40. The molecule has 0 bridgehead atoms. The molecule has 8 atom stereocenters. The van der Waals surface area contributed by atoms with Crippen molar-refractivity contribution in [2.45, 2.75) is 78.6 Å². The highest BCUT2D eigenvalue weighted by Crippen LogP contribution is 2.72. The zero-order valence-electron chi connectivity index (χ0n) is 18.6. The van der Waals surface area contributed by atoms with Crippen molar-refractivity contribution in [3.05, 3.63) is 0 Å². The first-order valence-corrected chi connectivity index (χ1v) is 11.1. The van der Waals surface area contributed by atoms with Crippen molar-refractivity contribution < 1.29 is 33.7 Å². The van der Waals surface area contributed by atoms with E-state index in [9.17, 15) is 19.5 Å². The summed E-state index contributed by atoms with van der Waals surface area (Å²) in [5.74, 6) is -2.90. The Labute approximate surface area is 177 Å². The van der Waals surface area contributed by atoms with Gasteiger partial charge in [-0.15, -0.1) is 0 Å². The number of ether oxygens (including phenoxy) is 3. The van der Waals surface area contributed by atoms with Gasteiger partial charge in [-0.2, -0.15) is 0 Å². The SMILES string of the molecule is COC(=O)C1CCC2C3(C)CCCC(C)(C)C3CC(OC(C)=O)C23C(O)OC(=O)C13. The number of carbonyl (C=O) groups is 3. The quantitative estimate of drug-likeness (QED) is 0.540. The number of aliphatic hydroxyl groups is 1. The number of rotatable bonds is 2. The summed E-state index contributed by atoms with van der Waals surface area (Å²) in [6, 6.07) is 0. The van der Waals surface area contributed by atoms with Crippen LogP contribution >= 0.6 is 0 Å². The van der Waals surface area contributed by atoms with E-state index in [1.165, 1.54) is 14.0 Å². The predicted molar refractivity (Wildman–Crippen MR) is 106 cm³/mol.